The molecule has 0 saturated carbocycles. The third-order valence-electron chi connectivity index (χ3n) is 1.88. The SMILES string of the molecule is CCOc1cccc(C(=O)CC)c1F. The molecule has 0 aliphatic heterocycles. The fourth-order valence-electron chi connectivity index (χ4n) is 1.18. The Morgan fingerprint density at radius 1 is 1.43 bits per heavy atom. The molecule has 0 amide bonds. The lowest BCUT2D eigenvalue weighted by Gasteiger charge is -2.06. The molecule has 0 heterocycles. The number of ketones is 1. The van der Waals surface area contributed by atoms with Gasteiger partial charge in [-0.05, 0) is 19.1 Å². The van der Waals surface area contributed by atoms with Gasteiger partial charge >= 0.3 is 0 Å². The Labute approximate surface area is 82.7 Å². The van der Waals surface area contributed by atoms with E-state index in [1.165, 1.54) is 12.1 Å². The lowest BCUT2D eigenvalue weighted by Crippen LogP contribution is -2.03. The third-order valence-corrected chi connectivity index (χ3v) is 1.88. The Morgan fingerprint density at radius 2 is 2.14 bits per heavy atom. The molecule has 0 unspecified atom stereocenters. The number of carbonyl (C=O) groups excluding carboxylic acids is 1. The highest BCUT2D eigenvalue weighted by Crippen LogP contribution is 2.21. The van der Waals surface area contributed by atoms with E-state index in [9.17, 15) is 9.18 Å². The molecule has 0 aliphatic carbocycles. The van der Waals surface area contributed by atoms with Crippen LogP contribution in [0.2, 0.25) is 0 Å². The Bertz CT molecular complexity index is 334. The fourth-order valence-corrected chi connectivity index (χ4v) is 1.18. The number of hydrogen-bond donors (Lipinski definition) is 0. The van der Waals surface area contributed by atoms with Crippen molar-refractivity contribution in [1.82, 2.24) is 0 Å². The quantitative estimate of drug-likeness (QED) is 0.692. The van der Waals surface area contributed by atoms with E-state index in [-0.39, 0.29) is 17.1 Å². The third kappa shape index (κ3) is 2.10. The Morgan fingerprint density at radius 3 is 2.71 bits per heavy atom. The number of Topliss-reactive ketones (excluding diaryl/α,β-unsaturated/α-hetero) is 1. The van der Waals surface area contributed by atoms with Crippen molar-refractivity contribution >= 4 is 5.78 Å². The average molecular weight is 196 g/mol. The Hall–Kier alpha value is -1.38. The molecule has 0 saturated heterocycles. The van der Waals surface area contributed by atoms with Gasteiger partial charge in [-0.1, -0.05) is 13.0 Å². The maximum atomic E-state index is 13.6. The van der Waals surface area contributed by atoms with E-state index in [0.717, 1.165) is 0 Å². The molecule has 1 aromatic rings. The van der Waals surface area contributed by atoms with Crippen LogP contribution in [0.25, 0.3) is 0 Å². The monoisotopic (exact) mass is 196 g/mol. The zero-order chi connectivity index (χ0) is 10.6. The zero-order valence-electron chi connectivity index (χ0n) is 8.34. The van der Waals surface area contributed by atoms with Crippen LogP contribution in [0.3, 0.4) is 0 Å². The standard InChI is InChI=1S/C11H13FO2/c1-3-9(13)8-6-5-7-10(11(8)12)14-4-2/h5-7H,3-4H2,1-2H3. The van der Waals surface area contributed by atoms with Gasteiger partial charge in [0.2, 0.25) is 0 Å². The zero-order valence-corrected chi connectivity index (χ0v) is 8.34. The van der Waals surface area contributed by atoms with Crippen molar-refractivity contribution in [3.05, 3.63) is 29.6 Å². The van der Waals surface area contributed by atoms with Crippen molar-refractivity contribution in [2.24, 2.45) is 0 Å². The van der Waals surface area contributed by atoms with Crippen molar-refractivity contribution in [3.63, 3.8) is 0 Å². The molecule has 1 rings (SSSR count). The van der Waals surface area contributed by atoms with Gasteiger partial charge in [-0.3, -0.25) is 4.79 Å². The predicted molar refractivity (Wildman–Crippen MR) is 52.2 cm³/mol. The molecule has 0 radical (unpaired) electrons. The van der Waals surface area contributed by atoms with Crippen LogP contribution in [0.1, 0.15) is 30.6 Å². The Balaban J connectivity index is 3.07. The van der Waals surface area contributed by atoms with E-state index >= 15 is 0 Å². The number of rotatable bonds is 4. The number of halogens is 1. The second-order valence-electron chi connectivity index (χ2n) is 2.83. The van der Waals surface area contributed by atoms with E-state index in [1.807, 2.05) is 0 Å². The van der Waals surface area contributed by atoms with Gasteiger partial charge in [-0.15, -0.1) is 0 Å². The van der Waals surface area contributed by atoms with Gasteiger partial charge in [0.25, 0.3) is 0 Å². The van der Waals surface area contributed by atoms with E-state index in [4.69, 9.17) is 4.74 Å². The first-order chi connectivity index (χ1) is 6.70. The second-order valence-corrected chi connectivity index (χ2v) is 2.83. The van der Waals surface area contributed by atoms with Crippen LogP contribution in [0.5, 0.6) is 5.75 Å². The molecule has 0 aromatic heterocycles. The summed E-state index contributed by atoms with van der Waals surface area (Å²) in [6.07, 6.45) is 0.298. The van der Waals surface area contributed by atoms with Crippen LogP contribution < -0.4 is 4.74 Å². The molecule has 0 atom stereocenters. The molecule has 0 bridgehead atoms. The van der Waals surface area contributed by atoms with Crippen molar-refractivity contribution < 1.29 is 13.9 Å². The molecular formula is C11H13FO2. The maximum absolute atomic E-state index is 13.6. The van der Waals surface area contributed by atoms with Crippen LogP contribution in [0.4, 0.5) is 4.39 Å². The summed E-state index contributed by atoms with van der Waals surface area (Å²) in [5.74, 6) is -0.614. The largest absolute Gasteiger partial charge is 0.491 e. The topological polar surface area (TPSA) is 26.3 Å². The minimum Gasteiger partial charge on any atom is -0.491 e. The van der Waals surface area contributed by atoms with Crippen LogP contribution >= 0.6 is 0 Å². The predicted octanol–water partition coefficient (Wildman–Crippen LogP) is 2.82. The summed E-state index contributed by atoms with van der Waals surface area (Å²) in [4.78, 5) is 11.3. The smallest absolute Gasteiger partial charge is 0.175 e. The van der Waals surface area contributed by atoms with Crippen molar-refractivity contribution in [3.8, 4) is 5.75 Å². The fraction of sp³-hybridized carbons (Fsp3) is 0.364. The van der Waals surface area contributed by atoms with Crippen LogP contribution in [-0.2, 0) is 0 Å². The van der Waals surface area contributed by atoms with E-state index in [1.54, 1.807) is 19.9 Å². The highest BCUT2D eigenvalue weighted by atomic mass is 19.1. The van der Waals surface area contributed by atoms with Crippen molar-refractivity contribution in [2.75, 3.05) is 6.61 Å². The van der Waals surface area contributed by atoms with E-state index in [0.29, 0.717) is 13.0 Å². The molecule has 3 heteroatoms. The summed E-state index contributed by atoms with van der Waals surface area (Å²) >= 11 is 0. The lowest BCUT2D eigenvalue weighted by molar-refractivity contribution is 0.0983. The summed E-state index contributed by atoms with van der Waals surface area (Å²) in [6, 6.07) is 4.62. The average Bonchev–Trinajstić information content (AvgIpc) is 2.20. The van der Waals surface area contributed by atoms with Crippen molar-refractivity contribution in [2.45, 2.75) is 20.3 Å². The van der Waals surface area contributed by atoms with Crippen LogP contribution in [0.15, 0.2) is 18.2 Å². The molecule has 0 N–H and O–H groups in total. The first-order valence-electron chi connectivity index (χ1n) is 4.65. The second kappa shape index (κ2) is 4.74. The highest BCUT2D eigenvalue weighted by molar-refractivity contribution is 5.96. The summed E-state index contributed by atoms with van der Waals surface area (Å²) in [6.45, 7) is 3.86. The molecule has 0 aliphatic rings. The Kier molecular flexibility index (Phi) is 3.63. The molecule has 2 nitrogen and oxygen atoms in total. The van der Waals surface area contributed by atoms with Gasteiger partial charge in [0.15, 0.2) is 17.3 Å². The molecule has 0 fully saturated rings. The first-order valence-corrected chi connectivity index (χ1v) is 4.65. The summed E-state index contributed by atoms with van der Waals surface area (Å²) in [5.41, 5.74) is 0.110. The van der Waals surface area contributed by atoms with E-state index < -0.39 is 5.82 Å². The van der Waals surface area contributed by atoms with Gasteiger partial charge in [-0.25, -0.2) is 4.39 Å². The molecule has 0 spiro atoms. The minimum absolute atomic E-state index is 0.110. The van der Waals surface area contributed by atoms with Crippen LogP contribution in [-0.4, -0.2) is 12.4 Å². The van der Waals surface area contributed by atoms with E-state index in [2.05, 4.69) is 0 Å². The number of carbonyl (C=O) groups is 1. The van der Waals surface area contributed by atoms with Gasteiger partial charge < -0.3 is 4.74 Å². The first kappa shape index (κ1) is 10.7. The lowest BCUT2D eigenvalue weighted by atomic mass is 10.1. The number of ether oxygens (including phenoxy) is 1. The minimum atomic E-state index is -0.554. The molecule has 76 valence electrons. The molecule has 1 aromatic carbocycles. The van der Waals surface area contributed by atoms with Gasteiger partial charge in [0.05, 0.1) is 12.2 Å². The van der Waals surface area contributed by atoms with Gasteiger partial charge in [0, 0.05) is 6.42 Å². The molecule has 14 heavy (non-hydrogen) atoms. The number of hydrogen-bond acceptors (Lipinski definition) is 2. The van der Waals surface area contributed by atoms with Gasteiger partial charge in [-0.2, -0.15) is 0 Å². The normalized spacial score (nSPS) is 9.93. The summed E-state index contributed by atoms with van der Waals surface area (Å²) in [7, 11) is 0. The number of benzene rings is 1. The van der Waals surface area contributed by atoms with Crippen molar-refractivity contribution in [1.29, 1.82) is 0 Å². The summed E-state index contributed by atoms with van der Waals surface area (Å²) < 4.78 is 18.6. The van der Waals surface area contributed by atoms with Gasteiger partial charge in [0.1, 0.15) is 0 Å². The summed E-state index contributed by atoms with van der Waals surface area (Å²) in [5, 5.41) is 0. The maximum Gasteiger partial charge on any atom is 0.175 e. The highest BCUT2D eigenvalue weighted by Gasteiger charge is 2.13. The molecular weight excluding hydrogens is 183 g/mol. The van der Waals surface area contributed by atoms with Crippen LogP contribution in [0, 0.1) is 5.82 Å².